The van der Waals surface area contributed by atoms with Crippen LogP contribution in [0, 0.1) is 5.92 Å². The van der Waals surface area contributed by atoms with Gasteiger partial charge in [0.1, 0.15) is 0 Å². The highest BCUT2D eigenvalue weighted by atomic mass is 32.1. The molecule has 1 aromatic heterocycles. The van der Waals surface area contributed by atoms with Crippen LogP contribution in [0.5, 0.6) is 0 Å². The molecule has 0 atom stereocenters. The molecule has 0 spiro atoms. The minimum absolute atomic E-state index is 0.0386. The SMILES string of the molecule is CN(CC1CC(O)C1)C(=O)c1ccc2ncsc2c1. The van der Waals surface area contributed by atoms with E-state index in [2.05, 4.69) is 4.98 Å². The first-order valence-electron chi connectivity index (χ1n) is 6.40. The summed E-state index contributed by atoms with van der Waals surface area (Å²) in [5.41, 5.74) is 3.43. The van der Waals surface area contributed by atoms with E-state index in [1.807, 2.05) is 25.2 Å². The number of benzene rings is 1. The Morgan fingerprint density at radius 3 is 3.05 bits per heavy atom. The van der Waals surface area contributed by atoms with E-state index in [1.165, 1.54) is 0 Å². The Balaban J connectivity index is 1.71. The highest BCUT2D eigenvalue weighted by molar-refractivity contribution is 7.16. The highest BCUT2D eigenvalue weighted by Crippen LogP contribution is 2.28. The van der Waals surface area contributed by atoms with Crippen LogP contribution >= 0.6 is 11.3 Å². The summed E-state index contributed by atoms with van der Waals surface area (Å²) < 4.78 is 1.04. The molecule has 0 aliphatic heterocycles. The molecule has 1 N–H and O–H groups in total. The summed E-state index contributed by atoms with van der Waals surface area (Å²) in [7, 11) is 1.82. The fourth-order valence-corrected chi connectivity index (χ4v) is 3.24. The topological polar surface area (TPSA) is 53.4 Å². The summed E-state index contributed by atoms with van der Waals surface area (Å²) in [6.45, 7) is 0.719. The van der Waals surface area contributed by atoms with Crippen LogP contribution in [0.4, 0.5) is 0 Å². The molecule has 2 aromatic rings. The molecule has 3 rings (SSSR count). The van der Waals surface area contributed by atoms with Crippen LogP contribution in [-0.2, 0) is 0 Å². The molecule has 0 radical (unpaired) electrons. The van der Waals surface area contributed by atoms with E-state index in [4.69, 9.17) is 0 Å². The van der Waals surface area contributed by atoms with Crippen LogP contribution in [0.2, 0.25) is 0 Å². The molecule has 1 aliphatic rings. The standard InChI is InChI=1S/C14H16N2O2S/c1-16(7-9-4-11(17)5-9)14(18)10-2-3-12-13(6-10)19-8-15-12/h2-3,6,8-9,11,17H,4-5,7H2,1H3. The van der Waals surface area contributed by atoms with Crippen molar-refractivity contribution in [2.75, 3.05) is 13.6 Å². The molecule has 1 heterocycles. The van der Waals surface area contributed by atoms with Gasteiger partial charge in [0.15, 0.2) is 0 Å². The molecule has 0 saturated heterocycles. The average Bonchev–Trinajstić information content (AvgIpc) is 2.83. The summed E-state index contributed by atoms with van der Waals surface area (Å²) in [5, 5.41) is 9.27. The van der Waals surface area contributed by atoms with Crippen molar-refractivity contribution in [1.82, 2.24) is 9.88 Å². The van der Waals surface area contributed by atoms with Gasteiger partial charge >= 0.3 is 0 Å². The van der Waals surface area contributed by atoms with Gasteiger partial charge in [-0.25, -0.2) is 4.98 Å². The van der Waals surface area contributed by atoms with E-state index in [-0.39, 0.29) is 12.0 Å². The van der Waals surface area contributed by atoms with Gasteiger partial charge in [-0.3, -0.25) is 4.79 Å². The maximum atomic E-state index is 12.3. The zero-order valence-electron chi connectivity index (χ0n) is 10.7. The van der Waals surface area contributed by atoms with Crippen molar-refractivity contribution in [3.8, 4) is 0 Å². The third-order valence-corrected chi connectivity index (χ3v) is 4.46. The largest absolute Gasteiger partial charge is 0.393 e. The number of aliphatic hydroxyl groups is 1. The number of nitrogens with zero attached hydrogens (tertiary/aromatic N) is 2. The van der Waals surface area contributed by atoms with Gasteiger partial charge in [-0.05, 0) is 37.0 Å². The summed E-state index contributed by atoms with van der Waals surface area (Å²) in [6, 6.07) is 5.62. The second-order valence-corrected chi connectivity index (χ2v) is 6.10. The van der Waals surface area contributed by atoms with Crippen molar-refractivity contribution in [1.29, 1.82) is 0 Å². The molecule has 1 fully saturated rings. The van der Waals surface area contributed by atoms with Crippen molar-refractivity contribution in [3.05, 3.63) is 29.3 Å². The van der Waals surface area contributed by atoms with Crippen LogP contribution in [0.25, 0.3) is 10.2 Å². The predicted molar refractivity (Wildman–Crippen MR) is 75.3 cm³/mol. The monoisotopic (exact) mass is 276 g/mol. The zero-order valence-corrected chi connectivity index (χ0v) is 11.6. The highest BCUT2D eigenvalue weighted by Gasteiger charge is 2.29. The Morgan fingerprint density at radius 2 is 2.32 bits per heavy atom. The molecular weight excluding hydrogens is 260 g/mol. The first-order valence-corrected chi connectivity index (χ1v) is 7.28. The number of hydrogen-bond acceptors (Lipinski definition) is 4. The fourth-order valence-electron chi connectivity index (χ4n) is 2.53. The zero-order chi connectivity index (χ0) is 13.4. The maximum absolute atomic E-state index is 12.3. The van der Waals surface area contributed by atoms with Crippen LogP contribution in [0.3, 0.4) is 0 Å². The molecule has 1 aromatic carbocycles. The number of amides is 1. The van der Waals surface area contributed by atoms with Crippen LogP contribution in [0.1, 0.15) is 23.2 Å². The van der Waals surface area contributed by atoms with Gasteiger partial charge < -0.3 is 10.0 Å². The number of carbonyl (C=O) groups excluding carboxylic acids is 1. The average molecular weight is 276 g/mol. The van der Waals surface area contributed by atoms with Gasteiger partial charge in [0.25, 0.3) is 5.91 Å². The van der Waals surface area contributed by atoms with E-state index in [0.29, 0.717) is 11.5 Å². The summed E-state index contributed by atoms with van der Waals surface area (Å²) in [5.74, 6) is 0.479. The summed E-state index contributed by atoms with van der Waals surface area (Å²) >= 11 is 1.55. The number of rotatable bonds is 3. The van der Waals surface area contributed by atoms with Crippen LogP contribution in [0.15, 0.2) is 23.7 Å². The Kier molecular flexibility index (Phi) is 3.24. The van der Waals surface area contributed by atoms with Crippen molar-refractivity contribution >= 4 is 27.5 Å². The second-order valence-electron chi connectivity index (χ2n) is 5.21. The third-order valence-electron chi connectivity index (χ3n) is 3.67. The lowest BCUT2D eigenvalue weighted by Crippen LogP contribution is -2.39. The Labute approximate surface area is 115 Å². The maximum Gasteiger partial charge on any atom is 0.253 e. The smallest absolute Gasteiger partial charge is 0.253 e. The Hall–Kier alpha value is -1.46. The molecule has 1 aliphatic carbocycles. The predicted octanol–water partition coefficient (Wildman–Crippen LogP) is 2.14. The van der Waals surface area contributed by atoms with E-state index in [9.17, 15) is 9.90 Å². The molecule has 5 heteroatoms. The van der Waals surface area contributed by atoms with Crippen molar-refractivity contribution in [3.63, 3.8) is 0 Å². The lowest BCUT2D eigenvalue weighted by atomic mass is 9.82. The number of hydrogen-bond donors (Lipinski definition) is 1. The molecule has 1 amide bonds. The third kappa shape index (κ3) is 2.48. The lowest BCUT2D eigenvalue weighted by Gasteiger charge is -2.34. The summed E-state index contributed by atoms with van der Waals surface area (Å²) in [4.78, 5) is 18.3. The van der Waals surface area contributed by atoms with Gasteiger partial charge in [-0.15, -0.1) is 11.3 Å². The quantitative estimate of drug-likeness (QED) is 0.934. The van der Waals surface area contributed by atoms with Crippen LogP contribution in [-0.4, -0.2) is 40.6 Å². The molecule has 4 nitrogen and oxygen atoms in total. The van der Waals surface area contributed by atoms with Gasteiger partial charge in [0, 0.05) is 19.2 Å². The molecule has 0 bridgehead atoms. The Bertz CT molecular complexity index is 604. The molecule has 0 unspecified atom stereocenters. The minimum atomic E-state index is -0.165. The van der Waals surface area contributed by atoms with Crippen LogP contribution < -0.4 is 0 Å². The summed E-state index contributed by atoms with van der Waals surface area (Å²) in [6.07, 6.45) is 1.46. The number of fused-ring (bicyclic) bond motifs is 1. The second kappa shape index (κ2) is 4.90. The van der Waals surface area contributed by atoms with E-state index < -0.39 is 0 Å². The first-order chi connectivity index (χ1) is 9.13. The number of aliphatic hydroxyl groups excluding tert-OH is 1. The molecule has 100 valence electrons. The van der Waals surface area contributed by atoms with Gasteiger partial charge in [-0.1, -0.05) is 0 Å². The van der Waals surface area contributed by atoms with E-state index in [1.54, 1.807) is 21.7 Å². The van der Waals surface area contributed by atoms with E-state index in [0.717, 1.165) is 29.6 Å². The van der Waals surface area contributed by atoms with Crippen molar-refractivity contribution in [2.45, 2.75) is 18.9 Å². The van der Waals surface area contributed by atoms with Crippen molar-refractivity contribution in [2.24, 2.45) is 5.92 Å². The number of aromatic nitrogens is 1. The molecular formula is C14H16N2O2S. The Morgan fingerprint density at radius 1 is 1.53 bits per heavy atom. The normalized spacial score (nSPS) is 22.2. The minimum Gasteiger partial charge on any atom is -0.393 e. The number of carbonyl (C=O) groups is 1. The lowest BCUT2D eigenvalue weighted by molar-refractivity contribution is 0.0265. The van der Waals surface area contributed by atoms with Gasteiger partial charge in [0.2, 0.25) is 0 Å². The van der Waals surface area contributed by atoms with Crippen molar-refractivity contribution < 1.29 is 9.90 Å². The first kappa shape index (κ1) is 12.6. The van der Waals surface area contributed by atoms with Gasteiger partial charge in [0.05, 0.1) is 21.8 Å². The van der Waals surface area contributed by atoms with Gasteiger partial charge in [-0.2, -0.15) is 0 Å². The molecule has 19 heavy (non-hydrogen) atoms. The number of thiazole rings is 1. The molecule has 1 saturated carbocycles. The fraction of sp³-hybridized carbons (Fsp3) is 0.429. The van der Waals surface area contributed by atoms with E-state index >= 15 is 0 Å².